The van der Waals surface area contributed by atoms with Gasteiger partial charge in [0, 0.05) is 12.1 Å². The maximum atomic E-state index is 5.92. The average molecular weight is 187 g/mol. The molecule has 0 aliphatic rings. The molecule has 0 amide bonds. The van der Waals surface area contributed by atoms with Gasteiger partial charge in [-0.05, 0) is 54.5 Å². The number of hydrogen-bond donors (Lipinski definition) is 1. The Labute approximate surface area is 82.9 Å². The van der Waals surface area contributed by atoms with Crippen LogP contribution in [-0.4, -0.2) is 56.1 Å². The molecule has 13 heavy (non-hydrogen) atoms. The second-order valence-corrected chi connectivity index (χ2v) is 4.88. The molecule has 0 atom stereocenters. The summed E-state index contributed by atoms with van der Waals surface area (Å²) in [5.41, 5.74) is 5.84. The Morgan fingerprint density at radius 1 is 1.08 bits per heavy atom. The predicted molar refractivity (Wildman–Crippen MR) is 58.9 cm³/mol. The van der Waals surface area contributed by atoms with Crippen LogP contribution in [0.3, 0.4) is 0 Å². The molecule has 0 heterocycles. The molecule has 0 aromatic heterocycles. The minimum Gasteiger partial charge on any atom is -0.324 e. The van der Waals surface area contributed by atoms with Crippen molar-refractivity contribution in [2.75, 3.05) is 40.8 Å². The summed E-state index contributed by atoms with van der Waals surface area (Å²) in [6.45, 7) is 7.36. The largest absolute Gasteiger partial charge is 0.324 e. The van der Waals surface area contributed by atoms with Crippen LogP contribution in [0.2, 0.25) is 0 Å². The summed E-state index contributed by atoms with van der Waals surface area (Å²) in [5, 5.41) is 0. The zero-order chi connectivity index (χ0) is 10.5. The lowest BCUT2D eigenvalue weighted by Gasteiger charge is -2.26. The third-order valence-electron chi connectivity index (χ3n) is 1.82. The Hall–Kier alpha value is -0.120. The summed E-state index contributed by atoms with van der Waals surface area (Å²) in [6, 6.07) is 0. The molecular formula is C10H25N3. The SMILES string of the molecule is CN(C)CCCN(C)CC(C)(C)N. The molecule has 0 rings (SSSR count). The Balaban J connectivity index is 3.46. The first-order valence-corrected chi connectivity index (χ1v) is 4.93. The Bertz CT molecular complexity index is 127. The van der Waals surface area contributed by atoms with Gasteiger partial charge in [0.2, 0.25) is 0 Å². The van der Waals surface area contributed by atoms with Crippen LogP contribution in [0, 0.1) is 0 Å². The Kier molecular flexibility index (Phi) is 5.53. The molecule has 0 unspecified atom stereocenters. The monoisotopic (exact) mass is 187 g/mol. The third kappa shape index (κ3) is 9.80. The number of rotatable bonds is 6. The van der Waals surface area contributed by atoms with Gasteiger partial charge < -0.3 is 15.5 Å². The molecule has 0 saturated heterocycles. The van der Waals surface area contributed by atoms with Gasteiger partial charge in [-0.1, -0.05) is 0 Å². The first kappa shape index (κ1) is 12.9. The molecule has 80 valence electrons. The van der Waals surface area contributed by atoms with E-state index in [-0.39, 0.29) is 5.54 Å². The summed E-state index contributed by atoms with van der Waals surface area (Å²) in [7, 11) is 6.34. The molecule has 3 heteroatoms. The van der Waals surface area contributed by atoms with Gasteiger partial charge in [-0.2, -0.15) is 0 Å². The van der Waals surface area contributed by atoms with Gasteiger partial charge in [-0.15, -0.1) is 0 Å². The van der Waals surface area contributed by atoms with Crippen molar-refractivity contribution >= 4 is 0 Å². The molecular weight excluding hydrogens is 162 g/mol. The number of hydrogen-bond acceptors (Lipinski definition) is 3. The van der Waals surface area contributed by atoms with Gasteiger partial charge in [0.25, 0.3) is 0 Å². The standard InChI is InChI=1S/C10H25N3/c1-10(2,11)9-13(5)8-6-7-12(3)4/h6-9,11H2,1-5H3. The van der Waals surface area contributed by atoms with Crippen LogP contribution in [0.1, 0.15) is 20.3 Å². The molecule has 0 aromatic rings. The molecule has 0 spiro atoms. The fourth-order valence-electron chi connectivity index (χ4n) is 1.43. The highest BCUT2D eigenvalue weighted by molar-refractivity contribution is 4.75. The van der Waals surface area contributed by atoms with E-state index in [4.69, 9.17) is 5.73 Å². The minimum atomic E-state index is -0.0765. The lowest BCUT2D eigenvalue weighted by molar-refractivity contribution is 0.254. The molecule has 0 aliphatic heterocycles. The van der Waals surface area contributed by atoms with Gasteiger partial charge in [0.15, 0.2) is 0 Å². The van der Waals surface area contributed by atoms with Gasteiger partial charge in [0.1, 0.15) is 0 Å². The van der Waals surface area contributed by atoms with Crippen LogP contribution in [0.5, 0.6) is 0 Å². The van der Waals surface area contributed by atoms with E-state index < -0.39 is 0 Å². The van der Waals surface area contributed by atoms with Crippen molar-refractivity contribution < 1.29 is 0 Å². The quantitative estimate of drug-likeness (QED) is 0.661. The van der Waals surface area contributed by atoms with E-state index in [0.717, 1.165) is 19.6 Å². The van der Waals surface area contributed by atoms with Gasteiger partial charge in [0.05, 0.1) is 0 Å². The number of nitrogens with zero attached hydrogens (tertiary/aromatic N) is 2. The van der Waals surface area contributed by atoms with E-state index in [0.29, 0.717) is 0 Å². The average Bonchev–Trinajstić information content (AvgIpc) is 1.81. The van der Waals surface area contributed by atoms with Crippen LogP contribution in [0.15, 0.2) is 0 Å². The van der Waals surface area contributed by atoms with E-state index in [1.807, 2.05) is 0 Å². The van der Waals surface area contributed by atoms with Crippen LogP contribution < -0.4 is 5.73 Å². The molecule has 3 nitrogen and oxygen atoms in total. The lowest BCUT2D eigenvalue weighted by atomic mass is 10.1. The van der Waals surface area contributed by atoms with Crippen molar-refractivity contribution in [3.63, 3.8) is 0 Å². The third-order valence-corrected chi connectivity index (χ3v) is 1.82. The Morgan fingerprint density at radius 2 is 1.62 bits per heavy atom. The zero-order valence-electron chi connectivity index (χ0n) is 9.80. The molecule has 0 bridgehead atoms. The molecule has 0 saturated carbocycles. The maximum Gasteiger partial charge on any atom is 0.0225 e. The van der Waals surface area contributed by atoms with E-state index in [2.05, 4.69) is 44.8 Å². The fraction of sp³-hybridized carbons (Fsp3) is 1.00. The second kappa shape index (κ2) is 5.58. The van der Waals surface area contributed by atoms with Crippen LogP contribution >= 0.6 is 0 Å². The first-order chi connectivity index (χ1) is 5.81. The van der Waals surface area contributed by atoms with Crippen LogP contribution in [0.25, 0.3) is 0 Å². The highest BCUT2D eigenvalue weighted by atomic mass is 15.1. The van der Waals surface area contributed by atoms with Gasteiger partial charge >= 0.3 is 0 Å². The van der Waals surface area contributed by atoms with E-state index in [1.54, 1.807) is 0 Å². The van der Waals surface area contributed by atoms with Crippen molar-refractivity contribution in [1.82, 2.24) is 9.80 Å². The highest BCUT2D eigenvalue weighted by Crippen LogP contribution is 2.00. The summed E-state index contributed by atoms with van der Waals surface area (Å²) >= 11 is 0. The topological polar surface area (TPSA) is 32.5 Å². The van der Waals surface area contributed by atoms with Gasteiger partial charge in [-0.3, -0.25) is 0 Å². The normalized spacial score (nSPS) is 12.9. The highest BCUT2D eigenvalue weighted by Gasteiger charge is 2.13. The summed E-state index contributed by atoms with van der Waals surface area (Å²) in [6.07, 6.45) is 1.21. The number of likely N-dealkylation sites (N-methyl/N-ethyl adjacent to an activating group) is 1. The van der Waals surface area contributed by atoms with E-state index in [9.17, 15) is 0 Å². The van der Waals surface area contributed by atoms with E-state index in [1.165, 1.54) is 6.42 Å². The second-order valence-electron chi connectivity index (χ2n) is 4.88. The summed E-state index contributed by atoms with van der Waals surface area (Å²) in [5.74, 6) is 0. The molecule has 0 aromatic carbocycles. The summed E-state index contributed by atoms with van der Waals surface area (Å²) in [4.78, 5) is 4.50. The molecule has 2 N–H and O–H groups in total. The van der Waals surface area contributed by atoms with Crippen molar-refractivity contribution in [2.24, 2.45) is 5.73 Å². The maximum absolute atomic E-state index is 5.92. The molecule has 0 aliphatic carbocycles. The number of nitrogens with two attached hydrogens (primary N) is 1. The predicted octanol–water partition coefficient (Wildman–Crippen LogP) is 0.607. The van der Waals surface area contributed by atoms with E-state index >= 15 is 0 Å². The van der Waals surface area contributed by atoms with Crippen molar-refractivity contribution in [1.29, 1.82) is 0 Å². The molecule has 0 radical (unpaired) electrons. The first-order valence-electron chi connectivity index (χ1n) is 4.93. The minimum absolute atomic E-state index is 0.0765. The van der Waals surface area contributed by atoms with Crippen LogP contribution in [-0.2, 0) is 0 Å². The van der Waals surface area contributed by atoms with Crippen molar-refractivity contribution in [2.45, 2.75) is 25.8 Å². The van der Waals surface area contributed by atoms with Crippen molar-refractivity contribution in [3.05, 3.63) is 0 Å². The lowest BCUT2D eigenvalue weighted by Crippen LogP contribution is -2.44. The smallest absolute Gasteiger partial charge is 0.0225 e. The zero-order valence-corrected chi connectivity index (χ0v) is 9.80. The fourth-order valence-corrected chi connectivity index (χ4v) is 1.43. The Morgan fingerprint density at radius 3 is 2.00 bits per heavy atom. The van der Waals surface area contributed by atoms with Crippen LogP contribution in [0.4, 0.5) is 0 Å². The van der Waals surface area contributed by atoms with Gasteiger partial charge in [-0.25, -0.2) is 0 Å². The summed E-state index contributed by atoms with van der Waals surface area (Å²) < 4.78 is 0. The van der Waals surface area contributed by atoms with Crippen molar-refractivity contribution in [3.8, 4) is 0 Å². The molecule has 0 fully saturated rings.